The molecule has 0 bridgehead atoms. The lowest BCUT2D eigenvalue weighted by Gasteiger charge is -2.27. The van der Waals surface area contributed by atoms with E-state index >= 15 is 0 Å². The Bertz CT molecular complexity index is 668. The van der Waals surface area contributed by atoms with Gasteiger partial charge < -0.3 is 4.74 Å². The molecule has 0 saturated carbocycles. The Kier molecular flexibility index (Phi) is 5.97. The third kappa shape index (κ3) is 4.81. The molecule has 1 N–H and O–H groups in total. The number of nitrogens with zero attached hydrogens (tertiary/aromatic N) is 1. The highest BCUT2D eigenvalue weighted by molar-refractivity contribution is 8.00. The predicted octanol–water partition coefficient (Wildman–Crippen LogP) is 2.43. The molecule has 1 fully saturated rings. The highest BCUT2D eigenvalue weighted by atomic mass is 32.2. The van der Waals surface area contributed by atoms with Crippen LogP contribution in [0, 0.1) is 0 Å². The van der Waals surface area contributed by atoms with Crippen LogP contribution in [0.15, 0.2) is 34.2 Å². The van der Waals surface area contributed by atoms with Crippen LogP contribution in [0.1, 0.15) is 30.9 Å². The quantitative estimate of drug-likeness (QED) is 0.835. The predicted molar refractivity (Wildman–Crippen MR) is 98.6 cm³/mol. The Morgan fingerprint density at radius 3 is 2.79 bits per heavy atom. The summed E-state index contributed by atoms with van der Waals surface area (Å²) in [5.41, 5.74) is 1.03. The Hall–Kier alpha value is -0.890. The molecule has 3 unspecified atom stereocenters. The van der Waals surface area contributed by atoms with Crippen molar-refractivity contribution in [3.8, 4) is 0 Å². The summed E-state index contributed by atoms with van der Waals surface area (Å²) in [4.78, 5) is 4.74. The lowest BCUT2D eigenvalue weighted by atomic mass is 10.1. The van der Waals surface area contributed by atoms with Crippen LogP contribution in [0.3, 0.4) is 0 Å². The number of hydrogen-bond acceptors (Lipinski definition) is 6. The molecule has 7 heteroatoms. The van der Waals surface area contributed by atoms with Gasteiger partial charge in [-0.1, -0.05) is 12.1 Å². The van der Waals surface area contributed by atoms with E-state index in [1.165, 1.54) is 24.9 Å². The van der Waals surface area contributed by atoms with Crippen LogP contribution >= 0.6 is 11.8 Å². The number of thioether (sulfide) groups is 1. The average molecular weight is 369 g/mol. The zero-order chi connectivity index (χ0) is 17.0. The lowest BCUT2D eigenvalue weighted by Crippen LogP contribution is -2.41. The van der Waals surface area contributed by atoms with Gasteiger partial charge in [0.2, 0.25) is 0 Å². The molecule has 2 aliphatic rings. The van der Waals surface area contributed by atoms with E-state index in [0.29, 0.717) is 11.4 Å². The van der Waals surface area contributed by atoms with E-state index in [-0.39, 0.29) is 12.3 Å². The van der Waals surface area contributed by atoms with Crippen LogP contribution in [0.4, 0.5) is 0 Å². The summed E-state index contributed by atoms with van der Waals surface area (Å²) in [5, 5.41) is 4.17. The molecule has 132 valence electrons. The molecule has 0 spiro atoms. The van der Waals surface area contributed by atoms with E-state index in [9.17, 15) is 8.42 Å². The normalized spacial score (nSPS) is 27.5. The minimum atomic E-state index is -3.16. The second kappa shape index (κ2) is 7.99. The van der Waals surface area contributed by atoms with Gasteiger partial charge in [-0.05, 0) is 42.7 Å². The van der Waals surface area contributed by atoms with E-state index in [0.717, 1.165) is 23.8 Å². The lowest BCUT2D eigenvalue weighted by molar-refractivity contribution is 0.0647. The SMILES string of the molecule is CS(=O)(=O)c1ccc(C2CN=CC(OCCC3CCCS3)N2)cc1. The Morgan fingerprint density at radius 1 is 1.33 bits per heavy atom. The maximum Gasteiger partial charge on any atom is 0.175 e. The summed E-state index contributed by atoms with van der Waals surface area (Å²) < 4.78 is 29.0. The Morgan fingerprint density at radius 2 is 2.12 bits per heavy atom. The molecule has 24 heavy (non-hydrogen) atoms. The van der Waals surface area contributed by atoms with Crippen LogP contribution in [-0.4, -0.2) is 51.3 Å². The fourth-order valence-electron chi connectivity index (χ4n) is 2.99. The summed E-state index contributed by atoms with van der Waals surface area (Å²) in [7, 11) is -3.16. The summed E-state index contributed by atoms with van der Waals surface area (Å²) >= 11 is 2.05. The molecule has 0 aromatic heterocycles. The van der Waals surface area contributed by atoms with Gasteiger partial charge >= 0.3 is 0 Å². The highest BCUT2D eigenvalue weighted by Crippen LogP contribution is 2.28. The van der Waals surface area contributed by atoms with Crippen molar-refractivity contribution in [2.75, 3.05) is 25.2 Å². The molecule has 0 aliphatic carbocycles. The van der Waals surface area contributed by atoms with Gasteiger partial charge in [0.25, 0.3) is 0 Å². The molecule has 3 rings (SSSR count). The molecule has 0 radical (unpaired) electrons. The summed E-state index contributed by atoms with van der Waals surface area (Å²) in [5.74, 6) is 1.28. The van der Waals surface area contributed by atoms with Crippen molar-refractivity contribution in [1.29, 1.82) is 0 Å². The van der Waals surface area contributed by atoms with Gasteiger partial charge in [0.05, 0.1) is 24.1 Å². The molecule has 1 aromatic rings. The first-order valence-corrected chi connectivity index (χ1v) is 11.3. The number of ether oxygens (including phenoxy) is 1. The number of aliphatic imine (C=N–C) groups is 1. The number of sulfone groups is 1. The van der Waals surface area contributed by atoms with Crippen molar-refractivity contribution in [3.05, 3.63) is 29.8 Å². The van der Waals surface area contributed by atoms with Crippen LogP contribution < -0.4 is 5.32 Å². The van der Waals surface area contributed by atoms with Crippen LogP contribution in [0.5, 0.6) is 0 Å². The Labute approximate surface area is 148 Å². The Balaban J connectivity index is 1.53. The molecular weight excluding hydrogens is 344 g/mol. The number of hydrogen-bond donors (Lipinski definition) is 1. The smallest absolute Gasteiger partial charge is 0.175 e. The van der Waals surface area contributed by atoms with Gasteiger partial charge in [0.15, 0.2) is 9.84 Å². The van der Waals surface area contributed by atoms with Gasteiger partial charge in [-0.2, -0.15) is 11.8 Å². The first kappa shape index (κ1) is 17.9. The van der Waals surface area contributed by atoms with Gasteiger partial charge in [-0.3, -0.25) is 10.3 Å². The van der Waals surface area contributed by atoms with Gasteiger partial charge in [0.1, 0.15) is 6.23 Å². The molecule has 2 heterocycles. The third-order valence-electron chi connectivity index (χ3n) is 4.37. The van der Waals surface area contributed by atoms with Crippen LogP contribution in [-0.2, 0) is 14.6 Å². The zero-order valence-electron chi connectivity index (χ0n) is 13.8. The zero-order valence-corrected chi connectivity index (χ0v) is 15.5. The molecule has 0 amide bonds. The van der Waals surface area contributed by atoms with Crippen molar-refractivity contribution in [2.24, 2.45) is 4.99 Å². The first-order valence-electron chi connectivity index (χ1n) is 8.31. The van der Waals surface area contributed by atoms with E-state index in [4.69, 9.17) is 4.74 Å². The number of rotatable bonds is 6. The maximum absolute atomic E-state index is 11.5. The van der Waals surface area contributed by atoms with Gasteiger partial charge in [-0.25, -0.2) is 8.42 Å². The minimum absolute atomic E-state index is 0.0504. The molecule has 1 saturated heterocycles. The fourth-order valence-corrected chi connectivity index (χ4v) is 4.89. The summed E-state index contributed by atoms with van der Waals surface area (Å²) in [6.07, 6.45) is 6.58. The van der Waals surface area contributed by atoms with E-state index in [1.807, 2.05) is 30.1 Å². The molecule has 1 aromatic carbocycles. The second-order valence-electron chi connectivity index (χ2n) is 6.29. The minimum Gasteiger partial charge on any atom is -0.358 e. The fraction of sp³-hybridized carbons (Fsp3) is 0.588. The van der Waals surface area contributed by atoms with Crippen molar-refractivity contribution < 1.29 is 13.2 Å². The maximum atomic E-state index is 11.5. The van der Waals surface area contributed by atoms with Crippen molar-refractivity contribution in [3.63, 3.8) is 0 Å². The highest BCUT2D eigenvalue weighted by Gasteiger charge is 2.21. The molecule has 2 aliphatic heterocycles. The summed E-state index contributed by atoms with van der Waals surface area (Å²) in [6.45, 7) is 1.37. The number of benzene rings is 1. The monoisotopic (exact) mass is 368 g/mol. The van der Waals surface area contributed by atoms with Crippen LogP contribution in [0.2, 0.25) is 0 Å². The van der Waals surface area contributed by atoms with E-state index in [1.54, 1.807) is 12.1 Å². The largest absolute Gasteiger partial charge is 0.358 e. The van der Waals surface area contributed by atoms with E-state index < -0.39 is 9.84 Å². The van der Waals surface area contributed by atoms with E-state index in [2.05, 4.69) is 10.3 Å². The average Bonchev–Trinajstić information content (AvgIpc) is 3.08. The topological polar surface area (TPSA) is 67.8 Å². The van der Waals surface area contributed by atoms with Crippen LogP contribution in [0.25, 0.3) is 0 Å². The molecule has 5 nitrogen and oxygen atoms in total. The van der Waals surface area contributed by atoms with Crippen molar-refractivity contribution in [1.82, 2.24) is 5.32 Å². The molecular formula is C17H24N2O3S2. The first-order chi connectivity index (χ1) is 11.5. The van der Waals surface area contributed by atoms with Crippen molar-refractivity contribution >= 4 is 27.8 Å². The summed E-state index contributed by atoms with van der Waals surface area (Å²) in [6, 6.07) is 7.05. The number of nitrogens with one attached hydrogen (secondary N) is 1. The third-order valence-corrected chi connectivity index (χ3v) is 6.96. The second-order valence-corrected chi connectivity index (χ2v) is 9.71. The molecule has 3 atom stereocenters. The van der Waals surface area contributed by atoms with Crippen molar-refractivity contribution in [2.45, 2.75) is 41.7 Å². The van der Waals surface area contributed by atoms with Gasteiger partial charge in [-0.15, -0.1) is 0 Å². The van der Waals surface area contributed by atoms with Gasteiger partial charge in [0, 0.05) is 17.7 Å². The standard InChI is InChI=1S/C17H24N2O3S2/c1-24(20,21)15-6-4-13(5-7-15)16-11-18-12-17(19-16)22-9-8-14-3-2-10-23-14/h4-7,12,14,16-17,19H,2-3,8-11H2,1H3.